The Hall–Kier alpha value is 0.920. The van der Waals surface area contributed by atoms with Crippen molar-refractivity contribution in [1.29, 1.82) is 0 Å². The van der Waals surface area contributed by atoms with E-state index in [1.807, 2.05) is 0 Å². The summed E-state index contributed by atoms with van der Waals surface area (Å²) < 4.78 is 5.03. The number of halogens is 2. The SMILES string of the molecule is CCC(CBr)(CBr)CCCCOC. The Labute approximate surface area is 98.9 Å². The summed E-state index contributed by atoms with van der Waals surface area (Å²) in [5.74, 6) is 0. The van der Waals surface area contributed by atoms with Gasteiger partial charge in [0.1, 0.15) is 0 Å². The molecule has 0 bridgehead atoms. The smallest absolute Gasteiger partial charge is 0.0462 e. The van der Waals surface area contributed by atoms with E-state index in [4.69, 9.17) is 4.74 Å². The largest absolute Gasteiger partial charge is 0.385 e. The van der Waals surface area contributed by atoms with Crippen LogP contribution in [0.15, 0.2) is 0 Å². The minimum Gasteiger partial charge on any atom is -0.385 e. The third-order valence-electron chi connectivity index (χ3n) is 2.62. The van der Waals surface area contributed by atoms with Crippen LogP contribution in [0, 0.1) is 5.41 Å². The molecule has 0 saturated heterocycles. The van der Waals surface area contributed by atoms with Gasteiger partial charge in [-0.1, -0.05) is 45.2 Å². The third kappa shape index (κ3) is 5.38. The molecule has 0 radical (unpaired) electrons. The Kier molecular flexibility index (Phi) is 8.83. The van der Waals surface area contributed by atoms with Gasteiger partial charge in [-0.25, -0.2) is 0 Å². The molecule has 0 fully saturated rings. The van der Waals surface area contributed by atoms with Crippen molar-refractivity contribution in [3.05, 3.63) is 0 Å². The van der Waals surface area contributed by atoms with Crippen molar-refractivity contribution in [3.8, 4) is 0 Å². The average molecular weight is 316 g/mol. The molecule has 80 valence electrons. The molecule has 0 atom stereocenters. The second kappa shape index (κ2) is 8.25. The highest BCUT2D eigenvalue weighted by Crippen LogP contribution is 2.32. The van der Waals surface area contributed by atoms with Gasteiger partial charge in [-0.05, 0) is 24.7 Å². The van der Waals surface area contributed by atoms with E-state index in [1.54, 1.807) is 7.11 Å². The molecule has 0 spiro atoms. The molecular formula is C10H20Br2O. The summed E-state index contributed by atoms with van der Waals surface area (Å²) in [5.41, 5.74) is 0.452. The fraction of sp³-hybridized carbons (Fsp3) is 1.00. The molecule has 0 N–H and O–H groups in total. The second-order valence-electron chi connectivity index (χ2n) is 3.57. The fourth-order valence-corrected chi connectivity index (χ4v) is 3.56. The minimum atomic E-state index is 0.452. The van der Waals surface area contributed by atoms with Gasteiger partial charge in [-0.3, -0.25) is 0 Å². The van der Waals surface area contributed by atoms with Crippen LogP contribution in [0.4, 0.5) is 0 Å². The first-order valence-electron chi connectivity index (χ1n) is 4.85. The minimum absolute atomic E-state index is 0.452. The van der Waals surface area contributed by atoms with Gasteiger partial charge < -0.3 is 4.74 Å². The first-order chi connectivity index (χ1) is 6.24. The monoisotopic (exact) mass is 314 g/mol. The number of methoxy groups -OCH3 is 1. The van der Waals surface area contributed by atoms with Crippen LogP contribution >= 0.6 is 31.9 Å². The zero-order valence-electron chi connectivity index (χ0n) is 8.61. The molecule has 0 aromatic carbocycles. The zero-order chi connectivity index (χ0) is 10.2. The zero-order valence-corrected chi connectivity index (χ0v) is 11.8. The predicted molar refractivity (Wildman–Crippen MR) is 66.0 cm³/mol. The molecule has 0 heterocycles. The number of hydrogen-bond acceptors (Lipinski definition) is 1. The number of unbranched alkanes of at least 4 members (excludes halogenated alkanes) is 1. The quantitative estimate of drug-likeness (QED) is 0.486. The van der Waals surface area contributed by atoms with E-state index >= 15 is 0 Å². The number of alkyl halides is 2. The Balaban J connectivity index is 3.68. The van der Waals surface area contributed by atoms with Crippen LogP contribution in [0.25, 0.3) is 0 Å². The Morgan fingerprint density at radius 2 is 1.77 bits per heavy atom. The molecule has 0 aliphatic carbocycles. The van der Waals surface area contributed by atoms with Crippen molar-refractivity contribution >= 4 is 31.9 Å². The molecule has 0 aromatic rings. The van der Waals surface area contributed by atoms with E-state index in [9.17, 15) is 0 Å². The van der Waals surface area contributed by atoms with Gasteiger partial charge in [0.05, 0.1) is 0 Å². The maximum Gasteiger partial charge on any atom is 0.0462 e. The molecule has 0 aromatic heterocycles. The molecule has 13 heavy (non-hydrogen) atoms. The van der Waals surface area contributed by atoms with Crippen LogP contribution in [0.1, 0.15) is 32.6 Å². The van der Waals surface area contributed by atoms with Crippen molar-refractivity contribution in [2.45, 2.75) is 32.6 Å². The summed E-state index contributed by atoms with van der Waals surface area (Å²) in [6, 6.07) is 0. The van der Waals surface area contributed by atoms with Gasteiger partial charge in [-0.15, -0.1) is 0 Å². The highest BCUT2D eigenvalue weighted by atomic mass is 79.9. The van der Waals surface area contributed by atoms with Gasteiger partial charge >= 0.3 is 0 Å². The van der Waals surface area contributed by atoms with Gasteiger partial charge in [-0.2, -0.15) is 0 Å². The van der Waals surface area contributed by atoms with Crippen LogP contribution < -0.4 is 0 Å². The molecule has 0 unspecified atom stereocenters. The van der Waals surface area contributed by atoms with Crippen molar-refractivity contribution in [2.75, 3.05) is 24.4 Å². The summed E-state index contributed by atoms with van der Waals surface area (Å²) in [7, 11) is 1.77. The Morgan fingerprint density at radius 1 is 1.15 bits per heavy atom. The summed E-state index contributed by atoms with van der Waals surface area (Å²) in [4.78, 5) is 0. The normalized spacial score (nSPS) is 12.0. The number of hydrogen-bond donors (Lipinski definition) is 0. The topological polar surface area (TPSA) is 9.23 Å². The van der Waals surface area contributed by atoms with Crippen LogP contribution in [0.2, 0.25) is 0 Å². The molecule has 0 aliphatic rings. The van der Waals surface area contributed by atoms with E-state index in [2.05, 4.69) is 38.8 Å². The van der Waals surface area contributed by atoms with Crippen LogP contribution in [-0.2, 0) is 4.74 Å². The summed E-state index contributed by atoms with van der Waals surface area (Å²) >= 11 is 7.20. The van der Waals surface area contributed by atoms with Gasteiger partial charge in [0.2, 0.25) is 0 Å². The van der Waals surface area contributed by atoms with Gasteiger partial charge in [0.25, 0.3) is 0 Å². The Bertz CT molecular complexity index is 105. The lowest BCUT2D eigenvalue weighted by Gasteiger charge is -2.28. The van der Waals surface area contributed by atoms with Gasteiger partial charge in [0.15, 0.2) is 0 Å². The van der Waals surface area contributed by atoms with Crippen LogP contribution in [0.3, 0.4) is 0 Å². The lowest BCUT2D eigenvalue weighted by atomic mass is 9.84. The lowest BCUT2D eigenvalue weighted by Crippen LogP contribution is -2.23. The number of ether oxygens (including phenoxy) is 1. The molecule has 3 heteroatoms. The van der Waals surface area contributed by atoms with Crippen molar-refractivity contribution in [2.24, 2.45) is 5.41 Å². The van der Waals surface area contributed by atoms with E-state index in [0.29, 0.717) is 5.41 Å². The molecule has 0 rings (SSSR count). The summed E-state index contributed by atoms with van der Waals surface area (Å²) in [6.07, 6.45) is 4.96. The molecule has 0 amide bonds. The van der Waals surface area contributed by atoms with E-state index in [0.717, 1.165) is 17.3 Å². The van der Waals surface area contributed by atoms with Crippen molar-refractivity contribution in [1.82, 2.24) is 0 Å². The van der Waals surface area contributed by atoms with E-state index in [1.165, 1.54) is 25.7 Å². The Morgan fingerprint density at radius 3 is 2.15 bits per heavy atom. The van der Waals surface area contributed by atoms with Crippen molar-refractivity contribution < 1.29 is 4.74 Å². The average Bonchev–Trinajstić information content (AvgIpc) is 2.20. The predicted octanol–water partition coefficient (Wildman–Crippen LogP) is 3.99. The van der Waals surface area contributed by atoms with Gasteiger partial charge in [0, 0.05) is 24.4 Å². The van der Waals surface area contributed by atoms with Crippen LogP contribution in [0.5, 0.6) is 0 Å². The third-order valence-corrected chi connectivity index (χ3v) is 5.00. The second-order valence-corrected chi connectivity index (χ2v) is 4.69. The maximum absolute atomic E-state index is 5.03. The molecule has 0 saturated carbocycles. The van der Waals surface area contributed by atoms with Crippen molar-refractivity contribution in [3.63, 3.8) is 0 Å². The fourth-order valence-electron chi connectivity index (χ4n) is 1.28. The first kappa shape index (κ1) is 13.9. The van der Waals surface area contributed by atoms with E-state index in [-0.39, 0.29) is 0 Å². The number of rotatable bonds is 8. The molecule has 0 aliphatic heterocycles. The maximum atomic E-state index is 5.03. The summed E-state index contributed by atoms with van der Waals surface area (Å²) in [6.45, 7) is 3.16. The standard InChI is InChI=1S/C10H20Br2O/c1-3-10(8-11,9-12)6-4-5-7-13-2/h3-9H2,1-2H3. The highest BCUT2D eigenvalue weighted by molar-refractivity contribution is 9.09. The van der Waals surface area contributed by atoms with E-state index < -0.39 is 0 Å². The van der Waals surface area contributed by atoms with Crippen LogP contribution in [-0.4, -0.2) is 24.4 Å². The lowest BCUT2D eigenvalue weighted by molar-refractivity contribution is 0.186. The summed E-state index contributed by atoms with van der Waals surface area (Å²) in [5, 5.41) is 2.18. The molecule has 1 nitrogen and oxygen atoms in total. The highest BCUT2D eigenvalue weighted by Gasteiger charge is 2.24. The molecular weight excluding hydrogens is 296 g/mol. The first-order valence-corrected chi connectivity index (χ1v) is 7.10.